The number of methoxy groups -OCH3 is 2. The van der Waals surface area contributed by atoms with Gasteiger partial charge in [-0.05, 0) is 73.5 Å². The van der Waals surface area contributed by atoms with Crippen LogP contribution in [0.15, 0.2) is 23.8 Å². The number of cyclic esters (lactones) is 1. The Morgan fingerprint density at radius 1 is 0.859 bits per heavy atom. The molecule has 0 bridgehead atoms. The number of likely N-dealkylation sites (N-methyl/N-ethyl adjacent to an activating group) is 1. The number of aliphatic hydroxyl groups excluding tert-OH is 4. The summed E-state index contributed by atoms with van der Waals surface area (Å²) in [5.74, 6) is -3.59. The SMILES string of the molecule is CC[C@H]1OC(=O)C[C@@H](O)[C@H](C)[C@@H](O[C@@H]2O[C@H](C)[C@@H](O[C@H]3C[C@@](C)(O)[C@@H](O)[C@H](C)O3)[C@@H](N(C)C)[C@H]2O)[C@@H](CC=O)C[C@@H](C)C(=O)/C=C/C(C)=C/[C@@H]1CO[C@@H]1O[C@H](C)[C@@H](O)[C@@H](OC)[C@H]1OC. The van der Waals surface area contributed by atoms with Gasteiger partial charge in [-0.15, -0.1) is 0 Å². The number of hydrogen-bond acceptors (Lipinski definition) is 18. The minimum absolute atomic E-state index is 0.00788. The molecule has 5 N–H and O–H groups in total. The van der Waals surface area contributed by atoms with Gasteiger partial charge in [0.2, 0.25) is 0 Å². The number of carbonyl (C=O) groups excluding carboxylic acids is 3. The van der Waals surface area contributed by atoms with Crippen LogP contribution in [0, 0.1) is 23.7 Å². The fourth-order valence-electron chi connectivity index (χ4n) is 9.51. The van der Waals surface area contributed by atoms with Crippen molar-refractivity contribution in [2.45, 2.75) is 191 Å². The Hall–Kier alpha value is -2.27. The highest BCUT2D eigenvalue weighted by Gasteiger charge is 2.52. The second kappa shape index (κ2) is 24.1. The average molecular weight is 916 g/mol. The first-order valence-corrected chi connectivity index (χ1v) is 22.7. The zero-order chi connectivity index (χ0) is 47.8. The van der Waals surface area contributed by atoms with Gasteiger partial charge in [0.25, 0.3) is 0 Å². The number of esters is 1. The molecule has 0 aromatic carbocycles. The van der Waals surface area contributed by atoms with E-state index in [2.05, 4.69) is 0 Å². The molecule has 0 radical (unpaired) electrons. The number of ether oxygens (including phenoxy) is 9. The van der Waals surface area contributed by atoms with E-state index < -0.39 is 140 Å². The number of ketones is 1. The summed E-state index contributed by atoms with van der Waals surface area (Å²) in [7, 11) is 6.43. The Morgan fingerprint density at radius 3 is 2.11 bits per heavy atom. The Kier molecular flexibility index (Phi) is 20.5. The zero-order valence-electron chi connectivity index (χ0n) is 39.7. The number of aldehydes is 1. The summed E-state index contributed by atoms with van der Waals surface area (Å²) in [5, 5.41) is 55.8. The molecule has 4 rings (SSSR count). The molecule has 0 saturated carbocycles. The van der Waals surface area contributed by atoms with Crippen molar-refractivity contribution < 1.29 is 82.5 Å². The predicted octanol–water partition coefficient (Wildman–Crippen LogP) is 1.83. The lowest BCUT2D eigenvalue weighted by Crippen LogP contribution is -2.65. The third kappa shape index (κ3) is 13.5. The number of rotatable bonds is 13. The minimum Gasteiger partial charge on any atom is -0.462 e. The van der Waals surface area contributed by atoms with Crippen LogP contribution >= 0.6 is 0 Å². The lowest BCUT2D eigenvalue weighted by Gasteiger charge is -2.50. The Bertz CT molecular complexity index is 1560. The Balaban J connectivity index is 1.62. The second-order valence-corrected chi connectivity index (χ2v) is 18.7. The third-order valence-electron chi connectivity index (χ3n) is 13.4. The van der Waals surface area contributed by atoms with Crippen LogP contribution in [0.1, 0.15) is 87.5 Å². The molecule has 18 nitrogen and oxygen atoms in total. The molecule has 3 saturated heterocycles. The molecular weight excluding hydrogens is 838 g/mol. The molecule has 4 aliphatic heterocycles. The largest absolute Gasteiger partial charge is 0.462 e. The topological polar surface area (TPSA) is 239 Å². The molecule has 0 spiro atoms. The monoisotopic (exact) mass is 916 g/mol. The van der Waals surface area contributed by atoms with Gasteiger partial charge in [-0.25, -0.2) is 0 Å². The number of aliphatic hydroxyl groups is 5. The van der Waals surface area contributed by atoms with Gasteiger partial charge >= 0.3 is 5.97 Å². The van der Waals surface area contributed by atoms with E-state index in [1.807, 2.05) is 19.9 Å². The molecule has 18 heteroatoms. The summed E-state index contributed by atoms with van der Waals surface area (Å²) < 4.78 is 54.7. The second-order valence-electron chi connectivity index (χ2n) is 18.7. The van der Waals surface area contributed by atoms with Gasteiger partial charge in [0, 0.05) is 44.8 Å². The van der Waals surface area contributed by atoms with Gasteiger partial charge < -0.3 is 77.9 Å². The highest BCUT2D eigenvalue weighted by molar-refractivity contribution is 5.91. The van der Waals surface area contributed by atoms with Crippen molar-refractivity contribution in [1.29, 1.82) is 0 Å². The molecule has 0 aromatic heterocycles. The predicted molar refractivity (Wildman–Crippen MR) is 230 cm³/mol. The van der Waals surface area contributed by atoms with E-state index in [1.54, 1.807) is 59.7 Å². The van der Waals surface area contributed by atoms with Crippen LogP contribution in [0.5, 0.6) is 0 Å². The standard InChI is InChI=1S/C46H77NO17/c1-13-33-30(22-58-45-42(57-12)41(56-11)37(52)26(5)60-45)18-23(2)14-15-31(49)24(3)19-29(16-17-48)39(25(4)32(50)20-34(51)62-33)64-44-38(53)36(47(9)10)40(27(6)61-44)63-35-21-46(8,55)43(54)28(7)59-35/h14-15,17-18,24-30,32-33,35-45,50,52-55H,13,16,19-22H2,1-12H3/b15-14+,23-18+/t24-,25+,26-,27-,28+,29+,30-,32-,33-,35+,36+,37-,38-,39-,40-,41-,42-,43+,44+,45-,46-/m1/s1. The quantitative estimate of drug-likeness (QED) is 0.131. The van der Waals surface area contributed by atoms with Gasteiger partial charge in [-0.1, -0.05) is 38.5 Å². The van der Waals surface area contributed by atoms with E-state index in [4.69, 9.17) is 42.6 Å². The van der Waals surface area contributed by atoms with Crippen LogP contribution in [0.25, 0.3) is 0 Å². The van der Waals surface area contributed by atoms with Crippen molar-refractivity contribution >= 4 is 18.0 Å². The van der Waals surface area contributed by atoms with Gasteiger partial charge in [0.15, 0.2) is 24.7 Å². The summed E-state index contributed by atoms with van der Waals surface area (Å²) in [6.07, 6.45) is -8.49. The molecule has 0 aromatic rings. The molecule has 0 aliphatic carbocycles. The van der Waals surface area contributed by atoms with Crippen molar-refractivity contribution in [1.82, 2.24) is 4.90 Å². The maximum atomic E-state index is 13.8. The first-order chi connectivity index (χ1) is 30.1. The molecule has 64 heavy (non-hydrogen) atoms. The molecule has 0 unspecified atom stereocenters. The Morgan fingerprint density at radius 2 is 1.52 bits per heavy atom. The highest BCUT2D eigenvalue weighted by atomic mass is 16.7. The molecule has 4 heterocycles. The summed E-state index contributed by atoms with van der Waals surface area (Å²) in [4.78, 5) is 41.5. The number of allylic oxidation sites excluding steroid dienone is 3. The zero-order valence-corrected chi connectivity index (χ0v) is 39.7. The van der Waals surface area contributed by atoms with Crippen LogP contribution < -0.4 is 0 Å². The minimum atomic E-state index is -1.49. The van der Waals surface area contributed by atoms with Crippen LogP contribution in [0.2, 0.25) is 0 Å². The van der Waals surface area contributed by atoms with Crippen LogP contribution in [0.4, 0.5) is 0 Å². The molecule has 0 amide bonds. The molecule has 4 aliphatic rings. The molecule has 21 atom stereocenters. The molecule has 368 valence electrons. The third-order valence-corrected chi connectivity index (χ3v) is 13.4. The van der Waals surface area contributed by atoms with Crippen LogP contribution in [-0.4, -0.2) is 187 Å². The van der Waals surface area contributed by atoms with Gasteiger partial charge in [0.05, 0.1) is 55.2 Å². The van der Waals surface area contributed by atoms with Crippen molar-refractivity contribution in [3.05, 3.63) is 23.8 Å². The van der Waals surface area contributed by atoms with E-state index in [9.17, 15) is 39.9 Å². The smallest absolute Gasteiger partial charge is 0.308 e. The van der Waals surface area contributed by atoms with Crippen LogP contribution in [0.3, 0.4) is 0 Å². The van der Waals surface area contributed by atoms with Gasteiger partial charge in [0.1, 0.15) is 49.0 Å². The molecule has 3 fully saturated rings. The fraction of sp³-hybridized carbons (Fsp3) is 0.848. The van der Waals surface area contributed by atoms with Crippen molar-refractivity contribution in [3.63, 3.8) is 0 Å². The van der Waals surface area contributed by atoms with E-state index >= 15 is 0 Å². The molecular formula is C46H77NO17. The van der Waals surface area contributed by atoms with E-state index in [0.29, 0.717) is 12.0 Å². The van der Waals surface area contributed by atoms with Crippen LogP contribution in [-0.2, 0) is 57.0 Å². The van der Waals surface area contributed by atoms with Crippen molar-refractivity contribution in [2.24, 2.45) is 23.7 Å². The first kappa shape index (κ1) is 54.3. The van der Waals surface area contributed by atoms with Gasteiger partial charge in [-0.2, -0.15) is 0 Å². The summed E-state index contributed by atoms with van der Waals surface area (Å²) in [6, 6.07) is -0.748. The summed E-state index contributed by atoms with van der Waals surface area (Å²) >= 11 is 0. The van der Waals surface area contributed by atoms with Gasteiger partial charge in [-0.3, -0.25) is 9.59 Å². The first-order valence-electron chi connectivity index (χ1n) is 22.7. The van der Waals surface area contributed by atoms with Crippen molar-refractivity contribution in [3.8, 4) is 0 Å². The Labute approximate surface area is 378 Å². The van der Waals surface area contributed by atoms with E-state index in [-0.39, 0.29) is 31.7 Å². The fourth-order valence-corrected chi connectivity index (χ4v) is 9.51. The summed E-state index contributed by atoms with van der Waals surface area (Å²) in [5.41, 5.74) is -0.806. The average Bonchev–Trinajstić information content (AvgIpc) is 3.23. The summed E-state index contributed by atoms with van der Waals surface area (Å²) in [6.45, 7) is 13.6. The maximum absolute atomic E-state index is 13.8. The number of hydrogen-bond donors (Lipinski definition) is 5. The number of nitrogens with zero attached hydrogens (tertiary/aromatic N) is 1. The van der Waals surface area contributed by atoms with Crippen molar-refractivity contribution in [2.75, 3.05) is 34.9 Å². The lowest BCUT2D eigenvalue weighted by atomic mass is 9.79. The lowest BCUT2D eigenvalue weighted by molar-refractivity contribution is -0.341. The van der Waals surface area contributed by atoms with E-state index in [1.165, 1.54) is 27.2 Å². The highest BCUT2D eigenvalue weighted by Crippen LogP contribution is 2.37. The number of carbonyl (C=O) groups is 3. The maximum Gasteiger partial charge on any atom is 0.308 e. The normalized spacial score (nSPS) is 45.9. The van der Waals surface area contributed by atoms with E-state index in [0.717, 1.165) is 6.29 Å².